The number of hydrogen-bond acceptors (Lipinski definition) is 1. The largest absolute Gasteiger partial charge is 0.320 e. The van der Waals surface area contributed by atoms with Crippen LogP contribution in [-0.4, -0.2) is 0 Å². The highest BCUT2D eigenvalue weighted by atomic mass is 79.9. The maximum absolute atomic E-state index is 13.7. The number of nitrogens with two attached hydrogens (primary N) is 1. The van der Waals surface area contributed by atoms with Crippen LogP contribution in [0.3, 0.4) is 0 Å². The summed E-state index contributed by atoms with van der Waals surface area (Å²) in [5.74, 6) is -0.718. The lowest BCUT2D eigenvalue weighted by atomic mass is 9.98. The van der Waals surface area contributed by atoms with Crippen LogP contribution in [0.25, 0.3) is 0 Å². The molecule has 0 fully saturated rings. The first-order valence-electron chi connectivity index (χ1n) is 5.45. The molecule has 0 aliphatic heterocycles. The molecule has 2 N–H and O–H groups in total. The molecule has 0 amide bonds. The quantitative estimate of drug-likeness (QED) is 0.888. The third-order valence-corrected chi connectivity index (χ3v) is 3.40. The summed E-state index contributed by atoms with van der Waals surface area (Å²) < 4.78 is 27.2. The first kappa shape index (κ1) is 13.2. The highest BCUT2D eigenvalue weighted by Crippen LogP contribution is 2.26. The molecular weight excluding hydrogens is 300 g/mol. The maximum Gasteiger partial charge on any atom is 0.137 e. The van der Waals surface area contributed by atoms with E-state index in [0.717, 1.165) is 5.56 Å². The third kappa shape index (κ3) is 2.60. The van der Waals surface area contributed by atoms with Gasteiger partial charge in [0.25, 0.3) is 0 Å². The van der Waals surface area contributed by atoms with Crippen LogP contribution >= 0.6 is 15.9 Å². The molecule has 1 unspecified atom stereocenters. The van der Waals surface area contributed by atoms with Gasteiger partial charge in [-0.15, -0.1) is 0 Å². The second kappa shape index (κ2) is 5.16. The molecule has 0 aliphatic carbocycles. The Labute approximate surface area is 113 Å². The van der Waals surface area contributed by atoms with Crippen molar-refractivity contribution in [2.24, 2.45) is 5.73 Å². The predicted molar refractivity (Wildman–Crippen MR) is 71.3 cm³/mol. The first-order valence-corrected chi connectivity index (χ1v) is 6.25. The van der Waals surface area contributed by atoms with Gasteiger partial charge < -0.3 is 5.73 Å². The van der Waals surface area contributed by atoms with E-state index in [9.17, 15) is 8.78 Å². The minimum atomic E-state index is -0.609. The summed E-state index contributed by atoms with van der Waals surface area (Å²) in [6, 6.07) is 8.62. The Kier molecular flexibility index (Phi) is 3.78. The normalized spacial score (nSPS) is 12.5. The standard InChI is InChI=1S/C14H12BrF2N/c1-8-2-4-12(16)10(6-8)14(18)9-3-5-13(17)11(15)7-9/h2-7,14H,18H2,1H3. The minimum Gasteiger partial charge on any atom is -0.320 e. The van der Waals surface area contributed by atoms with Gasteiger partial charge in [0, 0.05) is 5.56 Å². The van der Waals surface area contributed by atoms with Crippen LogP contribution in [-0.2, 0) is 0 Å². The molecule has 0 saturated carbocycles. The molecule has 1 atom stereocenters. The van der Waals surface area contributed by atoms with Gasteiger partial charge in [0.2, 0.25) is 0 Å². The molecule has 4 heteroatoms. The van der Waals surface area contributed by atoms with E-state index in [1.165, 1.54) is 12.1 Å². The summed E-state index contributed by atoms with van der Waals surface area (Å²) in [5.41, 5.74) is 8.03. The zero-order valence-corrected chi connectivity index (χ0v) is 11.3. The number of rotatable bonds is 2. The molecule has 18 heavy (non-hydrogen) atoms. The second-order valence-corrected chi connectivity index (χ2v) is 5.03. The van der Waals surface area contributed by atoms with Crippen LogP contribution in [0.4, 0.5) is 8.78 Å². The highest BCUT2D eigenvalue weighted by molar-refractivity contribution is 9.10. The zero-order valence-electron chi connectivity index (χ0n) is 9.75. The van der Waals surface area contributed by atoms with E-state index in [2.05, 4.69) is 15.9 Å². The van der Waals surface area contributed by atoms with Crippen molar-refractivity contribution in [2.75, 3.05) is 0 Å². The monoisotopic (exact) mass is 311 g/mol. The van der Waals surface area contributed by atoms with Crippen molar-refractivity contribution in [3.05, 3.63) is 69.2 Å². The topological polar surface area (TPSA) is 26.0 Å². The van der Waals surface area contributed by atoms with E-state index in [1.54, 1.807) is 24.3 Å². The minimum absolute atomic E-state index is 0.323. The van der Waals surface area contributed by atoms with E-state index in [0.29, 0.717) is 15.6 Å². The van der Waals surface area contributed by atoms with Gasteiger partial charge in [-0.3, -0.25) is 0 Å². The maximum atomic E-state index is 13.7. The smallest absolute Gasteiger partial charge is 0.137 e. The summed E-state index contributed by atoms with van der Waals surface area (Å²) in [6.07, 6.45) is 0. The van der Waals surface area contributed by atoms with Gasteiger partial charge in [0.1, 0.15) is 11.6 Å². The van der Waals surface area contributed by atoms with Gasteiger partial charge >= 0.3 is 0 Å². The summed E-state index contributed by atoms with van der Waals surface area (Å²) >= 11 is 3.10. The number of benzene rings is 2. The fraction of sp³-hybridized carbons (Fsp3) is 0.143. The molecule has 2 aromatic carbocycles. The van der Waals surface area contributed by atoms with Gasteiger partial charge in [-0.25, -0.2) is 8.78 Å². The van der Waals surface area contributed by atoms with Crippen LogP contribution in [0, 0.1) is 18.6 Å². The molecule has 0 bridgehead atoms. The van der Waals surface area contributed by atoms with Crippen molar-refractivity contribution >= 4 is 15.9 Å². The van der Waals surface area contributed by atoms with Crippen molar-refractivity contribution in [1.82, 2.24) is 0 Å². The van der Waals surface area contributed by atoms with Crippen molar-refractivity contribution in [2.45, 2.75) is 13.0 Å². The van der Waals surface area contributed by atoms with Gasteiger partial charge in [-0.1, -0.05) is 23.8 Å². The van der Waals surface area contributed by atoms with Crippen LogP contribution in [0.15, 0.2) is 40.9 Å². The van der Waals surface area contributed by atoms with Crippen LogP contribution in [0.5, 0.6) is 0 Å². The van der Waals surface area contributed by atoms with Crippen molar-refractivity contribution < 1.29 is 8.78 Å². The Morgan fingerprint density at radius 2 is 1.72 bits per heavy atom. The van der Waals surface area contributed by atoms with Crippen molar-refractivity contribution in [1.29, 1.82) is 0 Å². The molecule has 1 nitrogen and oxygen atoms in total. The molecule has 0 aliphatic rings. The average Bonchev–Trinajstić information content (AvgIpc) is 2.35. The van der Waals surface area contributed by atoms with Crippen molar-refractivity contribution in [3.8, 4) is 0 Å². The third-order valence-electron chi connectivity index (χ3n) is 2.79. The molecule has 0 saturated heterocycles. The van der Waals surface area contributed by atoms with Crippen LogP contribution < -0.4 is 5.73 Å². The SMILES string of the molecule is Cc1ccc(F)c(C(N)c2ccc(F)c(Br)c2)c1. The van der Waals surface area contributed by atoms with Gasteiger partial charge in [-0.05, 0) is 46.6 Å². The second-order valence-electron chi connectivity index (χ2n) is 4.18. The Morgan fingerprint density at radius 3 is 2.39 bits per heavy atom. The summed E-state index contributed by atoms with van der Waals surface area (Å²) in [7, 11) is 0. The summed E-state index contributed by atoms with van der Waals surface area (Å²) in [6.45, 7) is 1.87. The lowest BCUT2D eigenvalue weighted by molar-refractivity contribution is 0.597. The van der Waals surface area contributed by atoms with Gasteiger partial charge in [-0.2, -0.15) is 0 Å². The molecule has 2 aromatic rings. The fourth-order valence-corrected chi connectivity index (χ4v) is 2.18. The predicted octanol–water partition coefficient (Wildman–Crippen LogP) is 4.08. The fourth-order valence-electron chi connectivity index (χ4n) is 1.79. The molecular formula is C14H12BrF2N. The number of hydrogen-bond donors (Lipinski definition) is 1. The van der Waals surface area contributed by atoms with Gasteiger partial charge in [0.15, 0.2) is 0 Å². The molecule has 2 rings (SSSR count). The van der Waals surface area contributed by atoms with Crippen LogP contribution in [0.2, 0.25) is 0 Å². The van der Waals surface area contributed by atoms with Crippen LogP contribution in [0.1, 0.15) is 22.7 Å². The summed E-state index contributed by atoms with van der Waals surface area (Å²) in [5, 5.41) is 0. The summed E-state index contributed by atoms with van der Waals surface area (Å²) in [4.78, 5) is 0. The molecule has 0 spiro atoms. The van der Waals surface area contributed by atoms with E-state index in [1.807, 2.05) is 6.92 Å². The number of aryl methyl sites for hydroxylation is 1. The number of halogens is 3. The molecule has 94 valence electrons. The Bertz CT molecular complexity index is 584. The Morgan fingerprint density at radius 1 is 1.06 bits per heavy atom. The lowest BCUT2D eigenvalue weighted by Crippen LogP contribution is -2.14. The highest BCUT2D eigenvalue weighted by Gasteiger charge is 2.15. The van der Waals surface area contributed by atoms with Gasteiger partial charge in [0.05, 0.1) is 10.5 Å². The Hall–Kier alpha value is -1.26. The average molecular weight is 312 g/mol. The molecule has 0 heterocycles. The van der Waals surface area contributed by atoms with Crippen molar-refractivity contribution in [3.63, 3.8) is 0 Å². The van der Waals surface area contributed by atoms with E-state index >= 15 is 0 Å². The molecule has 0 radical (unpaired) electrons. The molecule has 0 aromatic heterocycles. The Balaban J connectivity index is 2.44. The first-order chi connectivity index (χ1) is 8.49. The zero-order chi connectivity index (χ0) is 13.3. The lowest BCUT2D eigenvalue weighted by Gasteiger charge is -2.14. The van der Waals surface area contributed by atoms with E-state index in [4.69, 9.17) is 5.73 Å². The van der Waals surface area contributed by atoms with E-state index in [-0.39, 0.29) is 11.6 Å². The van der Waals surface area contributed by atoms with E-state index < -0.39 is 6.04 Å².